The van der Waals surface area contributed by atoms with Crippen LogP contribution in [0.5, 0.6) is 0 Å². The summed E-state index contributed by atoms with van der Waals surface area (Å²) >= 11 is 1.49. The summed E-state index contributed by atoms with van der Waals surface area (Å²) in [5.74, 6) is 0.127. The number of hydrogen-bond donors (Lipinski definition) is 1. The maximum absolute atomic E-state index is 13.4. The van der Waals surface area contributed by atoms with E-state index in [4.69, 9.17) is 4.98 Å². The van der Waals surface area contributed by atoms with Crippen molar-refractivity contribution >= 4 is 21.6 Å². The maximum Gasteiger partial charge on any atom is 0.260 e. The second kappa shape index (κ2) is 7.93. The van der Waals surface area contributed by atoms with E-state index in [9.17, 15) is 9.18 Å². The van der Waals surface area contributed by atoms with Gasteiger partial charge in [0.15, 0.2) is 0 Å². The fraction of sp³-hybridized carbons (Fsp3) is 0.0769. The van der Waals surface area contributed by atoms with E-state index in [0.717, 1.165) is 27.1 Å². The Labute approximate surface area is 182 Å². The van der Waals surface area contributed by atoms with Crippen LogP contribution >= 0.6 is 11.3 Å². The average molecular weight is 427 g/mol. The lowest BCUT2D eigenvalue weighted by Gasteiger charge is -2.17. The van der Waals surface area contributed by atoms with Crippen LogP contribution in [0.2, 0.25) is 0 Å². The summed E-state index contributed by atoms with van der Waals surface area (Å²) in [5, 5.41) is 0.553. The maximum atomic E-state index is 13.4. The summed E-state index contributed by atoms with van der Waals surface area (Å²) in [4.78, 5) is 22.9. The third-order valence-electron chi connectivity index (χ3n) is 5.43. The van der Waals surface area contributed by atoms with Gasteiger partial charge in [-0.05, 0) is 35.7 Å². The van der Waals surface area contributed by atoms with Crippen molar-refractivity contribution in [1.29, 1.82) is 0 Å². The van der Waals surface area contributed by atoms with Gasteiger partial charge in [-0.2, -0.15) is 0 Å². The number of aromatic nitrogens is 2. The van der Waals surface area contributed by atoms with Gasteiger partial charge in [-0.1, -0.05) is 72.8 Å². The molecule has 0 radical (unpaired) electrons. The zero-order valence-electron chi connectivity index (χ0n) is 16.8. The Hall–Kier alpha value is -3.57. The molecule has 5 aromatic rings. The van der Waals surface area contributed by atoms with Crippen molar-refractivity contribution in [3.05, 3.63) is 123 Å². The smallest absolute Gasteiger partial charge is 0.260 e. The zero-order chi connectivity index (χ0) is 21.4. The molecule has 31 heavy (non-hydrogen) atoms. The summed E-state index contributed by atoms with van der Waals surface area (Å²) in [7, 11) is 0. The van der Waals surface area contributed by atoms with Crippen molar-refractivity contribution in [2.45, 2.75) is 12.8 Å². The Kier molecular flexibility index (Phi) is 4.96. The van der Waals surface area contributed by atoms with E-state index in [-0.39, 0.29) is 17.3 Å². The minimum absolute atomic E-state index is 0.180. The molecule has 0 unspecified atom stereocenters. The van der Waals surface area contributed by atoms with Crippen molar-refractivity contribution in [3.63, 3.8) is 0 Å². The molecule has 152 valence electrons. The highest BCUT2D eigenvalue weighted by Crippen LogP contribution is 2.37. The van der Waals surface area contributed by atoms with Crippen LogP contribution in [-0.4, -0.2) is 9.97 Å². The lowest BCUT2D eigenvalue weighted by Crippen LogP contribution is -2.16. The molecule has 5 rings (SSSR count). The molecule has 0 saturated carbocycles. The molecule has 5 heteroatoms. The van der Waals surface area contributed by atoms with Crippen molar-refractivity contribution in [2.24, 2.45) is 0 Å². The van der Waals surface area contributed by atoms with E-state index >= 15 is 0 Å². The highest BCUT2D eigenvalue weighted by atomic mass is 32.1. The number of halogens is 1. The molecule has 0 amide bonds. The fourth-order valence-corrected chi connectivity index (χ4v) is 5.09. The number of aryl methyl sites for hydroxylation is 1. The molecule has 0 atom stereocenters. The van der Waals surface area contributed by atoms with Gasteiger partial charge in [-0.3, -0.25) is 4.79 Å². The quantitative estimate of drug-likeness (QED) is 0.368. The largest absolute Gasteiger partial charge is 0.309 e. The average Bonchev–Trinajstić information content (AvgIpc) is 3.12. The molecule has 0 bridgehead atoms. The van der Waals surface area contributed by atoms with E-state index in [0.29, 0.717) is 16.0 Å². The summed E-state index contributed by atoms with van der Waals surface area (Å²) in [6.07, 6.45) is 0. The Morgan fingerprint density at radius 1 is 0.871 bits per heavy atom. The van der Waals surface area contributed by atoms with Gasteiger partial charge in [0.2, 0.25) is 0 Å². The minimum atomic E-state index is -0.302. The third kappa shape index (κ3) is 3.57. The Bertz CT molecular complexity index is 1370. The molecule has 0 aliphatic carbocycles. The molecule has 0 aliphatic rings. The lowest BCUT2D eigenvalue weighted by atomic mass is 9.90. The van der Waals surface area contributed by atoms with Crippen LogP contribution in [0.25, 0.3) is 21.3 Å². The molecule has 1 N–H and O–H groups in total. The lowest BCUT2D eigenvalue weighted by molar-refractivity contribution is 0.628. The van der Waals surface area contributed by atoms with E-state index < -0.39 is 0 Å². The number of rotatable bonds is 4. The number of benzene rings is 3. The van der Waals surface area contributed by atoms with Gasteiger partial charge in [0.1, 0.15) is 16.5 Å². The van der Waals surface area contributed by atoms with Gasteiger partial charge in [0.05, 0.1) is 11.3 Å². The van der Waals surface area contributed by atoms with Gasteiger partial charge in [-0.15, -0.1) is 11.3 Å². The van der Waals surface area contributed by atoms with E-state index in [1.807, 2.05) is 67.6 Å². The van der Waals surface area contributed by atoms with Crippen molar-refractivity contribution < 1.29 is 4.39 Å². The first-order chi connectivity index (χ1) is 15.1. The van der Waals surface area contributed by atoms with Gasteiger partial charge in [0, 0.05) is 10.4 Å². The van der Waals surface area contributed by atoms with Crippen molar-refractivity contribution in [1.82, 2.24) is 9.97 Å². The molecule has 0 aliphatic heterocycles. The molecular weight excluding hydrogens is 407 g/mol. The molecule has 2 heterocycles. The SMILES string of the molecule is Cc1sc2nc(C(c3ccccc3)c3ccccc3)[nH]c(=O)c2c1-c1ccc(F)cc1. The van der Waals surface area contributed by atoms with Gasteiger partial charge >= 0.3 is 0 Å². The number of nitrogens with zero attached hydrogens (tertiary/aromatic N) is 1. The molecule has 0 fully saturated rings. The van der Waals surface area contributed by atoms with Crippen LogP contribution < -0.4 is 5.56 Å². The van der Waals surface area contributed by atoms with Crippen molar-refractivity contribution in [3.8, 4) is 11.1 Å². The highest BCUT2D eigenvalue weighted by molar-refractivity contribution is 7.19. The fourth-order valence-electron chi connectivity index (χ4n) is 4.04. The summed E-state index contributed by atoms with van der Waals surface area (Å²) in [6.45, 7) is 1.97. The second-order valence-corrected chi connectivity index (χ2v) is 8.63. The number of hydrogen-bond acceptors (Lipinski definition) is 3. The molecule has 0 spiro atoms. The van der Waals surface area contributed by atoms with Gasteiger partial charge in [-0.25, -0.2) is 9.37 Å². The molecule has 0 saturated heterocycles. The predicted molar refractivity (Wildman–Crippen MR) is 124 cm³/mol. The van der Waals surface area contributed by atoms with Gasteiger partial charge in [0.25, 0.3) is 5.56 Å². The summed E-state index contributed by atoms with van der Waals surface area (Å²) < 4.78 is 13.4. The number of H-pyrrole nitrogens is 1. The highest BCUT2D eigenvalue weighted by Gasteiger charge is 2.23. The van der Waals surface area contributed by atoms with Crippen LogP contribution in [0.1, 0.15) is 27.7 Å². The van der Waals surface area contributed by atoms with Crippen LogP contribution in [0.4, 0.5) is 4.39 Å². The normalized spacial score (nSPS) is 11.3. The Morgan fingerprint density at radius 2 is 1.45 bits per heavy atom. The summed E-state index contributed by atoms with van der Waals surface area (Å²) in [5.41, 5.74) is 3.57. The standard InChI is InChI=1S/C26H19FN2OS/c1-16-21(19-12-14-20(27)15-13-19)23-25(30)28-24(29-26(23)31-16)22(17-8-4-2-5-9-17)18-10-6-3-7-11-18/h2-15,22H,1H3,(H,28,29,30). The third-order valence-corrected chi connectivity index (χ3v) is 6.43. The number of thiophene rings is 1. The monoisotopic (exact) mass is 426 g/mol. The predicted octanol–water partition coefficient (Wildman–Crippen LogP) is 6.28. The second-order valence-electron chi connectivity index (χ2n) is 7.43. The topological polar surface area (TPSA) is 45.8 Å². The number of fused-ring (bicyclic) bond motifs is 1. The molecular formula is C26H19FN2OS. The van der Waals surface area contributed by atoms with Crippen LogP contribution in [-0.2, 0) is 0 Å². The first kappa shape index (κ1) is 19.4. The minimum Gasteiger partial charge on any atom is -0.309 e. The van der Waals surface area contributed by atoms with E-state index in [1.165, 1.54) is 23.5 Å². The van der Waals surface area contributed by atoms with Crippen molar-refractivity contribution in [2.75, 3.05) is 0 Å². The Balaban J connectivity index is 1.72. The number of aromatic amines is 1. The zero-order valence-corrected chi connectivity index (χ0v) is 17.6. The molecule has 3 aromatic carbocycles. The van der Waals surface area contributed by atoms with E-state index in [2.05, 4.69) is 4.98 Å². The number of nitrogens with one attached hydrogen (secondary N) is 1. The van der Waals surface area contributed by atoms with Gasteiger partial charge < -0.3 is 4.98 Å². The first-order valence-electron chi connectivity index (χ1n) is 10.0. The van der Waals surface area contributed by atoms with E-state index in [1.54, 1.807) is 12.1 Å². The molecule has 2 aromatic heterocycles. The molecule has 3 nitrogen and oxygen atoms in total. The Morgan fingerprint density at radius 3 is 2.03 bits per heavy atom. The van der Waals surface area contributed by atoms with Crippen LogP contribution in [0.15, 0.2) is 89.7 Å². The van der Waals surface area contributed by atoms with Crippen LogP contribution in [0, 0.1) is 12.7 Å². The van der Waals surface area contributed by atoms with Crippen LogP contribution in [0.3, 0.4) is 0 Å². The summed E-state index contributed by atoms with van der Waals surface area (Å²) in [6, 6.07) is 26.3. The first-order valence-corrected chi connectivity index (χ1v) is 10.8.